The van der Waals surface area contributed by atoms with E-state index in [0.717, 1.165) is 6.07 Å². The number of carboxylic acid groups (broad SMARTS) is 1. The number of carbonyl (C=O) groups is 1. The van der Waals surface area contributed by atoms with Crippen LogP contribution >= 0.6 is 0 Å². The number of hydrogen-bond acceptors (Lipinski definition) is 5. The van der Waals surface area contributed by atoms with E-state index in [0.29, 0.717) is 13.2 Å². The zero-order chi connectivity index (χ0) is 15.6. The maximum atomic E-state index is 12.6. The Kier molecular flexibility index (Phi) is 4.50. The molecule has 0 amide bonds. The second-order valence-electron chi connectivity index (χ2n) is 4.71. The summed E-state index contributed by atoms with van der Waals surface area (Å²) in [5.74, 6) is -1.12. The van der Waals surface area contributed by atoms with Crippen LogP contribution in [0.1, 0.15) is 17.3 Å². The Hall–Kier alpha value is -1.64. The van der Waals surface area contributed by atoms with Crippen LogP contribution in [0, 0.1) is 0 Å². The van der Waals surface area contributed by atoms with Gasteiger partial charge in [0.1, 0.15) is 11.3 Å². The van der Waals surface area contributed by atoms with Gasteiger partial charge in [0.2, 0.25) is 10.0 Å². The van der Waals surface area contributed by atoms with E-state index in [-0.39, 0.29) is 28.8 Å². The molecule has 7 nitrogen and oxygen atoms in total. The molecular weight excluding hydrogens is 298 g/mol. The lowest BCUT2D eigenvalue weighted by molar-refractivity contribution is 0.0392. The molecular formula is C13H17NO6S. The van der Waals surface area contributed by atoms with Crippen LogP contribution in [-0.2, 0) is 14.8 Å². The largest absolute Gasteiger partial charge is 0.496 e. The number of carboxylic acids is 1. The van der Waals surface area contributed by atoms with Crippen molar-refractivity contribution in [2.24, 2.45) is 0 Å². The summed E-state index contributed by atoms with van der Waals surface area (Å²) in [6, 6.07) is 3.53. The van der Waals surface area contributed by atoms with Gasteiger partial charge in [-0.25, -0.2) is 13.2 Å². The third-order valence-electron chi connectivity index (χ3n) is 3.31. The van der Waals surface area contributed by atoms with Gasteiger partial charge in [-0.3, -0.25) is 0 Å². The van der Waals surface area contributed by atoms with Gasteiger partial charge in [-0.2, -0.15) is 4.31 Å². The van der Waals surface area contributed by atoms with E-state index in [9.17, 15) is 13.2 Å². The monoisotopic (exact) mass is 315 g/mol. The minimum atomic E-state index is -3.76. The number of morpholine rings is 1. The summed E-state index contributed by atoms with van der Waals surface area (Å²) in [6.45, 7) is 2.64. The molecule has 1 aromatic carbocycles. The Morgan fingerprint density at radius 2 is 2.19 bits per heavy atom. The lowest BCUT2D eigenvalue weighted by atomic mass is 10.2. The first-order valence-corrected chi connectivity index (χ1v) is 7.83. The van der Waals surface area contributed by atoms with Crippen molar-refractivity contribution < 1.29 is 27.8 Å². The van der Waals surface area contributed by atoms with Gasteiger partial charge in [0.25, 0.3) is 0 Å². The van der Waals surface area contributed by atoms with E-state index < -0.39 is 16.0 Å². The quantitative estimate of drug-likeness (QED) is 0.883. The van der Waals surface area contributed by atoms with Crippen LogP contribution in [0.4, 0.5) is 0 Å². The number of methoxy groups -OCH3 is 1. The number of benzene rings is 1. The average Bonchev–Trinajstić information content (AvgIpc) is 2.46. The molecule has 116 valence electrons. The second kappa shape index (κ2) is 6.00. The topological polar surface area (TPSA) is 93.1 Å². The lowest BCUT2D eigenvalue weighted by Gasteiger charge is -2.32. The van der Waals surface area contributed by atoms with E-state index in [1.807, 2.05) is 0 Å². The Labute approximate surface area is 123 Å². The smallest absolute Gasteiger partial charge is 0.339 e. The SMILES string of the molecule is COc1ccc(S(=O)(=O)N2CCOC[C@H]2C)cc1C(=O)O. The Morgan fingerprint density at radius 3 is 2.76 bits per heavy atom. The summed E-state index contributed by atoms with van der Waals surface area (Å²) in [5.41, 5.74) is -0.181. The summed E-state index contributed by atoms with van der Waals surface area (Å²) in [7, 11) is -2.42. The van der Waals surface area contributed by atoms with Crippen molar-refractivity contribution in [2.75, 3.05) is 26.9 Å². The fraction of sp³-hybridized carbons (Fsp3) is 0.462. The Morgan fingerprint density at radius 1 is 1.48 bits per heavy atom. The van der Waals surface area contributed by atoms with Crippen LogP contribution in [0.2, 0.25) is 0 Å². The Bertz CT molecular complexity index is 642. The number of rotatable bonds is 4. The first-order valence-electron chi connectivity index (χ1n) is 6.39. The third-order valence-corrected chi connectivity index (χ3v) is 5.32. The first kappa shape index (κ1) is 15.7. The Balaban J connectivity index is 2.45. The summed E-state index contributed by atoms with van der Waals surface area (Å²) >= 11 is 0. The van der Waals surface area contributed by atoms with Crippen LogP contribution in [-0.4, -0.2) is 56.7 Å². The molecule has 1 atom stereocenters. The van der Waals surface area contributed by atoms with Crippen molar-refractivity contribution in [3.63, 3.8) is 0 Å². The molecule has 2 rings (SSSR count). The summed E-state index contributed by atoms with van der Waals surface area (Å²) in [4.78, 5) is 11.1. The van der Waals surface area contributed by atoms with Gasteiger partial charge in [-0.05, 0) is 25.1 Å². The summed E-state index contributed by atoms with van der Waals surface area (Å²) in [5, 5.41) is 9.14. The van der Waals surface area contributed by atoms with Gasteiger partial charge in [0.05, 0.1) is 25.2 Å². The van der Waals surface area contributed by atoms with Crippen molar-refractivity contribution in [1.29, 1.82) is 0 Å². The molecule has 1 aliphatic rings. The van der Waals surface area contributed by atoms with Crippen molar-refractivity contribution in [2.45, 2.75) is 17.9 Å². The first-order chi connectivity index (χ1) is 9.87. The molecule has 1 aromatic rings. The van der Waals surface area contributed by atoms with Gasteiger partial charge in [0.15, 0.2) is 0 Å². The molecule has 1 saturated heterocycles. The molecule has 0 spiro atoms. The fourth-order valence-electron chi connectivity index (χ4n) is 2.22. The van der Waals surface area contributed by atoms with Crippen LogP contribution in [0.15, 0.2) is 23.1 Å². The molecule has 21 heavy (non-hydrogen) atoms. The predicted octanol–water partition coefficient (Wildman–Crippen LogP) is 0.803. The summed E-state index contributed by atoms with van der Waals surface area (Å²) < 4.78 is 36.7. The zero-order valence-electron chi connectivity index (χ0n) is 11.8. The normalized spacial score (nSPS) is 20.2. The van der Waals surface area contributed by atoms with E-state index in [1.165, 1.54) is 23.5 Å². The molecule has 1 heterocycles. The van der Waals surface area contributed by atoms with E-state index in [2.05, 4.69) is 0 Å². The lowest BCUT2D eigenvalue weighted by Crippen LogP contribution is -2.46. The number of nitrogens with zero attached hydrogens (tertiary/aromatic N) is 1. The molecule has 0 aliphatic carbocycles. The molecule has 1 aliphatic heterocycles. The molecule has 0 aromatic heterocycles. The van der Waals surface area contributed by atoms with E-state index >= 15 is 0 Å². The standard InChI is InChI=1S/C13H17NO6S/c1-9-8-20-6-5-14(9)21(17,18)10-3-4-12(19-2)11(7-10)13(15)16/h3-4,7,9H,5-6,8H2,1-2H3,(H,15,16)/t9-/m1/s1. The maximum absolute atomic E-state index is 12.6. The van der Waals surface area contributed by atoms with Crippen molar-refractivity contribution in [1.82, 2.24) is 4.31 Å². The minimum absolute atomic E-state index is 0.0607. The highest BCUT2D eigenvalue weighted by Crippen LogP contribution is 2.26. The highest BCUT2D eigenvalue weighted by atomic mass is 32.2. The van der Waals surface area contributed by atoms with Gasteiger partial charge in [0, 0.05) is 12.6 Å². The molecule has 1 N–H and O–H groups in total. The molecule has 0 unspecified atom stereocenters. The molecule has 1 fully saturated rings. The van der Waals surface area contributed by atoms with Gasteiger partial charge in [-0.15, -0.1) is 0 Å². The fourth-order valence-corrected chi connectivity index (χ4v) is 3.85. The van der Waals surface area contributed by atoms with Crippen LogP contribution in [0.25, 0.3) is 0 Å². The van der Waals surface area contributed by atoms with Crippen LogP contribution in [0.5, 0.6) is 5.75 Å². The maximum Gasteiger partial charge on any atom is 0.339 e. The van der Waals surface area contributed by atoms with Gasteiger partial charge >= 0.3 is 5.97 Å². The molecule has 0 bridgehead atoms. The van der Waals surface area contributed by atoms with Crippen molar-refractivity contribution in [3.05, 3.63) is 23.8 Å². The number of sulfonamides is 1. The van der Waals surface area contributed by atoms with Crippen LogP contribution < -0.4 is 4.74 Å². The number of ether oxygens (including phenoxy) is 2. The van der Waals surface area contributed by atoms with E-state index in [1.54, 1.807) is 6.92 Å². The van der Waals surface area contributed by atoms with Gasteiger partial charge < -0.3 is 14.6 Å². The summed E-state index contributed by atoms with van der Waals surface area (Å²) in [6.07, 6.45) is 0. The zero-order valence-corrected chi connectivity index (χ0v) is 12.6. The third kappa shape index (κ3) is 3.02. The van der Waals surface area contributed by atoms with Crippen LogP contribution in [0.3, 0.4) is 0 Å². The van der Waals surface area contributed by atoms with Gasteiger partial charge in [-0.1, -0.05) is 0 Å². The highest BCUT2D eigenvalue weighted by Gasteiger charge is 2.32. The molecule has 0 radical (unpaired) electrons. The minimum Gasteiger partial charge on any atom is -0.496 e. The van der Waals surface area contributed by atoms with Crippen molar-refractivity contribution in [3.8, 4) is 5.75 Å². The second-order valence-corrected chi connectivity index (χ2v) is 6.60. The number of hydrogen-bond donors (Lipinski definition) is 1. The average molecular weight is 315 g/mol. The van der Waals surface area contributed by atoms with E-state index in [4.69, 9.17) is 14.6 Å². The highest BCUT2D eigenvalue weighted by molar-refractivity contribution is 7.89. The predicted molar refractivity (Wildman–Crippen MR) is 74.1 cm³/mol. The number of aromatic carboxylic acids is 1. The van der Waals surface area contributed by atoms with Crippen molar-refractivity contribution >= 4 is 16.0 Å². The molecule has 8 heteroatoms. The molecule has 0 saturated carbocycles.